The number of carbonyl (C=O) groups is 1. The van der Waals surface area contributed by atoms with Crippen LogP contribution in [0.1, 0.15) is 30.3 Å². The van der Waals surface area contributed by atoms with E-state index in [1.165, 1.54) is 0 Å². The molecule has 0 bridgehead atoms. The Balaban J connectivity index is 2.43. The van der Waals surface area contributed by atoms with E-state index in [9.17, 15) is 14.7 Å². The molecule has 2 rings (SSSR count). The van der Waals surface area contributed by atoms with Gasteiger partial charge in [-0.25, -0.2) is 4.79 Å². The minimum absolute atomic E-state index is 0.174. The molecule has 0 aromatic carbocycles. The summed E-state index contributed by atoms with van der Waals surface area (Å²) in [5.74, 6) is -1.59. The summed E-state index contributed by atoms with van der Waals surface area (Å²) >= 11 is 0. The van der Waals surface area contributed by atoms with Crippen LogP contribution in [0, 0.1) is 0 Å². The van der Waals surface area contributed by atoms with Crippen LogP contribution in [-0.2, 0) is 11.3 Å². The maximum Gasteiger partial charge on any atom is 0.352 e. The van der Waals surface area contributed by atoms with E-state index < -0.39 is 17.1 Å². The molecule has 1 aromatic rings. The summed E-state index contributed by atoms with van der Waals surface area (Å²) in [5, 5.41) is 18.3. The second-order valence-corrected chi connectivity index (χ2v) is 4.73. The predicted octanol–water partition coefficient (Wildman–Crippen LogP) is 0.821. The van der Waals surface area contributed by atoms with Gasteiger partial charge in [-0.3, -0.25) is 9.36 Å². The van der Waals surface area contributed by atoms with Crippen LogP contribution >= 0.6 is 0 Å². The number of pyridine rings is 1. The van der Waals surface area contributed by atoms with Crippen LogP contribution in [0.5, 0.6) is 5.75 Å². The van der Waals surface area contributed by atoms with Gasteiger partial charge in [0, 0.05) is 18.7 Å². The second kappa shape index (κ2) is 4.45. The van der Waals surface area contributed by atoms with Crippen molar-refractivity contribution in [1.29, 1.82) is 0 Å². The maximum atomic E-state index is 11.8. The van der Waals surface area contributed by atoms with E-state index >= 15 is 0 Å². The third-order valence-electron chi connectivity index (χ3n) is 3.12. The van der Waals surface area contributed by atoms with Gasteiger partial charge in [0.25, 0.3) is 5.56 Å². The lowest BCUT2D eigenvalue weighted by atomic mass is 10.0. The predicted molar refractivity (Wildman–Crippen MR) is 62.9 cm³/mol. The lowest BCUT2D eigenvalue weighted by Crippen LogP contribution is -2.37. The summed E-state index contributed by atoms with van der Waals surface area (Å²) in [4.78, 5) is 22.9. The van der Waals surface area contributed by atoms with Crippen molar-refractivity contribution in [3.05, 3.63) is 28.2 Å². The Labute approximate surface area is 103 Å². The summed E-state index contributed by atoms with van der Waals surface area (Å²) in [6.07, 6.45) is 1.67. The summed E-state index contributed by atoms with van der Waals surface area (Å²) in [5.41, 5.74) is -1.29. The number of aromatic carboxylic acids is 1. The van der Waals surface area contributed by atoms with Crippen molar-refractivity contribution in [2.24, 2.45) is 0 Å². The molecule has 0 radical (unpaired) electrons. The Hall–Kier alpha value is -1.82. The number of rotatable bonds is 3. The Morgan fingerprint density at radius 2 is 2.28 bits per heavy atom. The molecule has 1 aliphatic rings. The first kappa shape index (κ1) is 12.6. The molecule has 1 aromatic heterocycles. The molecule has 1 aliphatic heterocycles. The van der Waals surface area contributed by atoms with E-state index in [0.717, 1.165) is 29.5 Å². The van der Waals surface area contributed by atoms with Crippen LogP contribution in [0.15, 0.2) is 16.9 Å². The molecule has 0 aliphatic carbocycles. The maximum absolute atomic E-state index is 11.8. The quantitative estimate of drug-likeness (QED) is 0.832. The molecule has 6 heteroatoms. The van der Waals surface area contributed by atoms with Gasteiger partial charge in [-0.2, -0.15) is 0 Å². The van der Waals surface area contributed by atoms with Crippen LogP contribution < -0.4 is 5.56 Å². The van der Waals surface area contributed by atoms with Crippen molar-refractivity contribution >= 4 is 5.97 Å². The number of ether oxygens (including phenoxy) is 1. The van der Waals surface area contributed by atoms with Gasteiger partial charge >= 0.3 is 5.97 Å². The molecular weight excluding hydrogens is 238 g/mol. The second-order valence-electron chi connectivity index (χ2n) is 4.73. The molecular formula is C12H15NO5. The Kier molecular flexibility index (Phi) is 3.13. The van der Waals surface area contributed by atoms with Crippen molar-refractivity contribution in [3.63, 3.8) is 0 Å². The van der Waals surface area contributed by atoms with Crippen LogP contribution in [0.3, 0.4) is 0 Å². The Bertz CT molecular complexity index is 528. The highest BCUT2D eigenvalue weighted by Crippen LogP contribution is 2.27. The van der Waals surface area contributed by atoms with Crippen molar-refractivity contribution in [3.8, 4) is 5.75 Å². The summed E-state index contributed by atoms with van der Waals surface area (Å²) in [6, 6.07) is 2.08. The molecule has 1 unspecified atom stereocenters. The van der Waals surface area contributed by atoms with E-state index in [4.69, 9.17) is 9.84 Å². The normalized spacial score (nSPS) is 23.2. The molecule has 0 spiro atoms. The first-order valence-corrected chi connectivity index (χ1v) is 5.72. The molecule has 98 valence electrons. The van der Waals surface area contributed by atoms with Gasteiger partial charge in [0.2, 0.25) is 0 Å². The summed E-state index contributed by atoms with van der Waals surface area (Å²) < 4.78 is 6.68. The van der Waals surface area contributed by atoms with Gasteiger partial charge in [-0.1, -0.05) is 0 Å². The number of nitrogens with zero attached hydrogens (tertiary/aromatic N) is 1. The summed E-state index contributed by atoms with van der Waals surface area (Å²) in [6.45, 7) is 2.64. The van der Waals surface area contributed by atoms with Crippen molar-refractivity contribution in [2.75, 3.05) is 6.61 Å². The number of carboxylic acid groups (broad SMARTS) is 1. The average molecular weight is 253 g/mol. The monoisotopic (exact) mass is 253 g/mol. The van der Waals surface area contributed by atoms with Crippen LogP contribution in [0.2, 0.25) is 0 Å². The zero-order valence-corrected chi connectivity index (χ0v) is 10.0. The van der Waals surface area contributed by atoms with E-state index in [0.29, 0.717) is 6.61 Å². The average Bonchev–Trinajstić information content (AvgIpc) is 2.69. The molecule has 2 N–H and O–H groups in total. The van der Waals surface area contributed by atoms with E-state index in [1.54, 1.807) is 0 Å². The van der Waals surface area contributed by atoms with Gasteiger partial charge in [-0.15, -0.1) is 0 Å². The standard InChI is InChI=1S/C12H15NO5/c1-12(3-2-4-18-12)7-13-9(11(16)17)5-8(14)6-10(13)15/h5-6,14H,2-4,7H2,1H3,(H,16,17). The fourth-order valence-electron chi connectivity index (χ4n) is 2.22. The third-order valence-corrected chi connectivity index (χ3v) is 3.12. The number of aromatic nitrogens is 1. The van der Waals surface area contributed by atoms with E-state index in [1.807, 2.05) is 6.92 Å². The van der Waals surface area contributed by atoms with Gasteiger partial charge < -0.3 is 14.9 Å². The first-order chi connectivity index (χ1) is 8.41. The Morgan fingerprint density at radius 1 is 1.56 bits per heavy atom. The van der Waals surface area contributed by atoms with Crippen molar-refractivity contribution in [1.82, 2.24) is 4.57 Å². The minimum Gasteiger partial charge on any atom is -0.508 e. The molecule has 1 fully saturated rings. The van der Waals surface area contributed by atoms with Gasteiger partial charge in [-0.05, 0) is 19.8 Å². The third kappa shape index (κ3) is 2.38. The number of carboxylic acids is 1. The van der Waals surface area contributed by atoms with Crippen molar-refractivity contribution in [2.45, 2.75) is 31.9 Å². The minimum atomic E-state index is -1.25. The molecule has 1 atom stereocenters. The molecule has 1 saturated heterocycles. The van der Waals surface area contributed by atoms with Crippen LogP contribution in [-0.4, -0.2) is 33.0 Å². The fraction of sp³-hybridized carbons (Fsp3) is 0.500. The summed E-state index contributed by atoms with van der Waals surface area (Å²) in [7, 11) is 0. The molecule has 6 nitrogen and oxygen atoms in total. The zero-order chi connectivity index (χ0) is 13.3. The van der Waals surface area contributed by atoms with E-state index in [2.05, 4.69) is 0 Å². The fourth-order valence-corrected chi connectivity index (χ4v) is 2.22. The SMILES string of the molecule is CC1(Cn2c(C(=O)O)cc(O)cc2=O)CCCO1. The number of hydrogen-bond donors (Lipinski definition) is 2. The van der Waals surface area contributed by atoms with Crippen LogP contribution in [0.4, 0.5) is 0 Å². The molecule has 2 heterocycles. The molecule has 0 saturated carbocycles. The molecule has 0 amide bonds. The smallest absolute Gasteiger partial charge is 0.352 e. The van der Waals surface area contributed by atoms with Gasteiger partial charge in [0.1, 0.15) is 11.4 Å². The highest BCUT2D eigenvalue weighted by Gasteiger charge is 2.31. The number of hydrogen-bond acceptors (Lipinski definition) is 4. The lowest BCUT2D eigenvalue weighted by molar-refractivity contribution is 0.00459. The zero-order valence-electron chi connectivity index (χ0n) is 10.0. The topological polar surface area (TPSA) is 88.8 Å². The lowest BCUT2D eigenvalue weighted by Gasteiger charge is -2.25. The largest absolute Gasteiger partial charge is 0.508 e. The van der Waals surface area contributed by atoms with Crippen LogP contribution in [0.25, 0.3) is 0 Å². The molecule has 18 heavy (non-hydrogen) atoms. The first-order valence-electron chi connectivity index (χ1n) is 5.72. The highest BCUT2D eigenvalue weighted by molar-refractivity contribution is 5.86. The van der Waals surface area contributed by atoms with Gasteiger partial charge in [0.05, 0.1) is 12.1 Å². The Morgan fingerprint density at radius 3 is 2.83 bits per heavy atom. The van der Waals surface area contributed by atoms with Gasteiger partial charge in [0.15, 0.2) is 0 Å². The number of aromatic hydroxyl groups is 1. The highest BCUT2D eigenvalue weighted by atomic mass is 16.5. The van der Waals surface area contributed by atoms with E-state index in [-0.39, 0.29) is 18.0 Å². The van der Waals surface area contributed by atoms with Crippen molar-refractivity contribution < 1.29 is 19.7 Å².